The minimum atomic E-state index is 0. The van der Waals surface area contributed by atoms with Crippen molar-refractivity contribution in [3.05, 3.63) is 49.9 Å². The first-order valence-electron chi connectivity index (χ1n) is 7.54. The van der Waals surface area contributed by atoms with E-state index in [9.17, 15) is 5.11 Å². The van der Waals surface area contributed by atoms with Gasteiger partial charge in [0.15, 0.2) is 0 Å². The quantitative estimate of drug-likeness (QED) is 0.428. The van der Waals surface area contributed by atoms with Gasteiger partial charge in [0, 0.05) is 49.0 Å². The van der Waals surface area contributed by atoms with E-state index in [0.29, 0.717) is 5.75 Å². The maximum atomic E-state index is 9.64. The van der Waals surface area contributed by atoms with Crippen LogP contribution in [0.5, 0.6) is 5.75 Å². The van der Waals surface area contributed by atoms with Gasteiger partial charge in [0.1, 0.15) is 5.75 Å². The van der Waals surface area contributed by atoms with Crippen LogP contribution in [0.2, 0.25) is 0 Å². The summed E-state index contributed by atoms with van der Waals surface area (Å²) in [4.78, 5) is 3.20. The summed E-state index contributed by atoms with van der Waals surface area (Å²) < 4.78 is 0. The summed E-state index contributed by atoms with van der Waals surface area (Å²) in [6, 6.07) is 13.6. The summed E-state index contributed by atoms with van der Waals surface area (Å²) in [7, 11) is 0. The topological polar surface area (TPSA) is 36.0 Å². The van der Waals surface area contributed by atoms with Crippen LogP contribution in [-0.2, 0) is 32.7 Å². The molecule has 0 aliphatic carbocycles. The second kappa shape index (κ2) is 15.1. The second-order valence-electron chi connectivity index (χ2n) is 3.37. The first-order chi connectivity index (χ1) is 9.86. The molecule has 121 valence electrons. The van der Waals surface area contributed by atoms with Crippen LogP contribution >= 0.6 is 0 Å². The summed E-state index contributed by atoms with van der Waals surface area (Å²) in [6.45, 7) is 12.0. The normalized spacial score (nSPS) is 7.91. The van der Waals surface area contributed by atoms with Gasteiger partial charge in [-0.2, -0.15) is 0 Å². The zero-order valence-electron chi connectivity index (χ0n) is 15.1. The van der Waals surface area contributed by atoms with Crippen LogP contribution in [0.4, 0.5) is 0 Å². The molecule has 0 saturated carbocycles. The Hall–Kier alpha value is -0.856. The van der Waals surface area contributed by atoms with Crippen molar-refractivity contribution >= 4 is 21.8 Å². The third-order valence-corrected chi connectivity index (χ3v) is 2.52. The number of aromatic hydroxyl groups is 1. The van der Waals surface area contributed by atoms with Crippen molar-refractivity contribution in [2.45, 2.75) is 41.5 Å². The van der Waals surface area contributed by atoms with Crippen molar-refractivity contribution in [2.24, 2.45) is 0 Å². The number of H-pyrrole nitrogens is 1. The van der Waals surface area contributed by atoms with Gasteiger partial charge >= 0.3 is 0 Å². The van der Waals surface area contributed by atoms with Crippen LogP contribution in [0.1, 0.15) is 41.5 Å². The number of hydrogen-bond donors (Lipinski definition) is 2. The van der Waals surface area contributed by atoms with Gasteiger partial charge < -0.3 is 17.5 Å². The Morgan fingerprint density at radius 2 is 1.23 bits per heavy atom. The molecule has 3 aromatic rings. The van der Waals surface area contributed by atoms with E-state index in [-0.39, 0.29) is 40.1 Å². The molecular weight excluding hydrogens is 347 g/mol. The van der Waals surface area contributed by atoms with Crippen molar-refractivity contribution in [1.29, 1.82) is 0 Å². The van der Waals surface area contributed by atoms with Gasteiger partial charge in [0.2, 0.25) is 0 Å². The molecule has 1 radical (unpaired) electrons. The molecule has 0 saturated heterocycles. The van der Waals surface area contributed by atoms with Crippen LogP contribution in [0.3, 0.4) is 0 Å². The van der Waals surface area contributed by atoms with Gasteiger partial charge in [-0.05, 0) is 12.1 Å². The molecule has 0 bridgehead atoms. The predicted molar refractivity (Wildman–Crippen MR) is 97.9 cm³/mol. The van der Waals surface area contributed by atoms with E-state index < -0.39 is 0 Å². The predicted octanol–water partition coefficient (Wildman–Crippen LogP) is 6.55. The average molecular weight is 377 g/mol. The number of benzene rings is 2. The van der Waals surface area contributed by atoms with Gasteiger partial charge in [-0.15, -0.1) is 0 Å². The third-order valence-electron chi connectivity index (χ3n) is 2.52. The van der Waals surface area contributed by atoms with Gasteiger partial charge in [0.05, 0.1) is 5.52 Å². The van der Waals surface area contributed by atoms with Gasteiger partial charge in [-0.25, -0.2) is 0 Å². The van der Waals surface area contributed by atoms with Crippen molar-refractivity contribution in [1.82, 2.24) is 4.98 Å². The van der Waals surface area contributed by atoms with E-state index in [2.05, 4.69) is 4.98 Å². The number of para-hydroxylation sites is 2. The maximum Gasteiger partial charge on any atom is 0.139 e. The fraction of sp³-hybridized carbons (Fsp3) is 0.316. The SMILES string of the molecule is CC.CC.CC.Oc1cccc2c1[nH]c1ccccc12.[CH3-].[Y]. The molecule has 0 aliphatic rings. The summed E-state index contributed by atoms with van der Waals surface area (Å²) in [5, 5.41) is 11.9. The largest absolute Gasteiger partial charge is 0.506 e. The van der Waals surface area contributed by atoms with E-state index in [1.807, 2.05) is 77.9 Å². The number of fused-ring (bicyclic) bond motifs is 3. The Morgan fingerprint density at radius 3 is 1.82 bits per heavy atom. The van der Waals surface area contributed by atoms with Crippen molar-refractivity contribution in [2.75, 3.05) is 0 Å². The molecule has 2 nitrogen and oxygen atoms in total. The van der Waals surface area contributed by atoms with E-state index in [4.69, 9.17) is 0 Å². The number of aromatic nitrogens is 1. The van der Waals surface area contributed by atoms with Gasteiger partial charge in [-0.3, -0.25) is 0 Å². The second-order valence-corrected chi connectivity index (χ2v) is 3.37. The average Bonchev–Trinajstić information content (AvgIpc) is 2.94. The fourth-order valence-electron chi connectivity index (χ4n) is 1.86. The van der Waals surface area contributed by atoms with E-state index >= 15 is 0 Å². The minimum Gasteiger partial charge on any atom is -0.506 e. The summed E-state index contributed by atoms with van der Waals surface area (Å²) in [5.41, 5.74) is 1.87. The van der Waals surface area contributed by atoms with E-state index in [1.165, 1.54) is 0 Å². The monoisotopic (exact) mass is 377 g/mol. The molecule has 1 aromatic heterocycles. The molecule has 1 heterocycles. The number of hydrogen-bond acceptors (Lipinski definition) is 1. The Kier molecular flexibility index (Phi) is 17.8. The summed E-state index contributed by atoms with van der Waals surface area (Å²) in [6.07, 6.45) is 0. The van der Waals surface area contributed by atoms with Crippen LogP contribution in [0, 0.1) is 7.43 Å². The minimum absolute atomic E-state index is 0. The molecular formula is C19H30NOY-. The molecule has 2 N–H and O–H groups in total. The van der Waals surface area contributed by atoms with Crippen molar-refractivity contribution in [3.63, 3.8) is 0 Å². The Morgan fingerprint density at radius 1 is 0.727 bits per heavy atom. The Balaban J connectivity index is -0.000000408. The van der Waals surface area contributed by atoms with Crippen molar-refractivity contribution in [3.8, 4) is 5.75 Å². The maximum absolute atomic E-state index is 9.64. The first kappa shape index (κ1) is 26.1. The number of phenols is 1. The molecule has 0 spiro atoms. The Labute approximate surface area is 161 Å². The molecule has 0 amide bonds. The molecule has 0 aliphatic heterocycles. The summed E-state index contributed by atoms with van der Waals surface area (Å²) in [5.74, 6) is 0.304. The standard InChI is InChI=1S/C12H9NO.3C2H6.CH3.Y/c14-11-7-3-5-9-8-4-1-2-6-10(8)13-12(9)11;3*1-2;;/h1-7,13-14H;3*1-2H3;1H3;/q;;;;-1;. The number of nitrogens with one attached hydrogen (secondary N) is 1. The molecule has 2 aromatic carbocycles. The number of rotatable bonds is 0. The third kappa shape index (κ3) is 6.10. The number of phenolic OH excluding ortho intramolecular Hbond substituents is 1. The molecule has 3 rings (SSSR count). The molecule has 0 unspecified atom stereocenters. The first-order valence-corrected chi connectivity index (χ1v) is 7.54. The smallest absolute Gasteiger partial charge is 0.139 e. The van der Waals surface area contributed by atoms with Crippen molar-refractivity contribution < 1.29 is 37.8 Å². The van der Waals surface area contributed by atoms with E-state index in [1.54, 1.807) is 6.07 Å². The summed E-state index contributed by atoms with van der Waals surface area (Å²) >= 11 is 0. The van der Waals surface area contributed by atoms with Crippen LogP contribution in [-0.4, -0.2) is 10.1 Å². The molecule has 0 atom stereocenters. The van der Waals surface area contributed by atoms with Gasteiger partial charge in [0.25, 0.3) is 0 Å². The van der Waals surface area contributed by atoms with Crippen LogP contribution in [0.15, 0.2) is 42.5 Å². The zero-order valence-corrected chi connectivity index (χ0v) is 17.9. The van der Waals surface area contributed by atoms with E-state index in [0.717, 1.165) is 21.8 Å². The zero-order chi connectivity index (χ0) is 15.5. The number of aromatic amines is 1. The molecule has 0 fully saturated rings. The molecule has 22 heavy (non-hydrogen) atoms. The van der Waals surface area contributed by atoms with Crippen LogP contribution < -0.4 is 0 Å². The van der Waals surface area contributed by atoms with Crippen LogP contribution in [0.25, 0.3) is 21.8 Å². The Bertz CT molecular complexity index is 617. The fourth-order valence-corrected chi connectivity index (χ4v) is 1.86. The van der Waals surface area contributed by atoms with Gasteiger partial charge in [-0.1, -0.05) is 71.9 Å². The molecule has 3 heteroatoms.